The second-order valence-electron chi connectivity index (χ2n) is 7.76. The Morgan fingerprint density at radius 1 is 1.14 bits per heavy atom. The fourth-order valence-electron chi connectivity index (χ4n) is 4.09. The molecule has 1 amide bonds. The molecule has 5 rings (SSSR count). The third-order valence-electron chi connectivity index (χ3n) is 5.74. The molecule has 1 saturated heterocycles. The highest BCUT2D eigenvalue weighted by Crippen LogP contribution is 2.29. The zero-order chi connectivity index (χ0) is 19.3. The molecule has 4 heterocycles. The van der Waals surface area contributed by atoms with Crippen molar-refractivity contribution in [2.24, 2.45) is 0 Å². The monoisotopic (exact) mass is 373 g/mol. The highest BCUT2D eigenvalue weighted by Gasteiger charge is 2.27. The Kier molecular flexibility index (Phi) is 3.93. The molecular formula is C22H23N5O. The van der Waals surface area contributed by atoms with Gasteiger partial charge in [0.1, 0.15) is 17.2 Å². The Bertz CT molecular complexity index is 1180. The van der Waals surface area contributed by atoms with E-state index < -0.39 is 0 Å². The number of carbonyl (C=O) groups is 1. The predicted molar refractivity (Wildman–Crippen MR) is 109 cm³/mol. The molecule has 28 heavy (non-hydrogen) atoms. The van der Waals surface area contributed by atoms with Gasteiger partial charge in [0, 0.05) is 31.4 Å². The van der Waals surface area contributed by atoms with Gasteiger partial charge in [0.05, 0.1) is 11.0 Å². The van der Waals surface area contributed by atoms with Crippen LogP contribution in [0.2, 0.25) is 0 Å². The fourth-order valence-corrected chi connectivity index (χ4v) is 4.09. The average Bonchev–Trinajstić information content (AvgIpc) is 3.32. The average molecular weight is 373 g/mol. The highest BCUT2D eigenvalue weighted by atomic mass is 16.2. The Balaban J connectivity index is 1.31. The van der Waals surface area contributed by atoms with Crippen molar-refractivity contribution in [3.63, 3.8) is 0 Å². The first-order valence-corrected chi connectivity index (χ1v) is 9.78. The minimum atomic E-state index is 0.0141. The molecular weight excluding hydrogens is 350 g/mol. The number of benzene rings is 1. The van der Waals surface area contributed by atoms with Crippen LogP contribution in [0.5, 0.6) is 0 Å². The molecule has 1 N–H and O–H groups in total. The van der Waals surface area contributed by atoms with Crippen LogP contribution in [0, 0.1) is 13.8 Å². The van der Waals surface area contributed by atoms with Crippen LogP contribution in [-0.2, 0) is 0 Å². The molecule has 6 heteroatoms. The second-order valence-corrected chi connectivity index (χ2v) is 7.76. The summed E-state index contributed by atoms with van der Waals surface area (Å²) in [4.78, 5) is 27.6. The molecule has 0 atom stereocenters. The van der Waals surface area contributed by atoms with Gasteiger partial charge in [-0.25, -0.2) is 9.97 Å². The summed E-state index contributed by atoms with van der Waals surface area (Å²) >= 11 is 0. The number of H-pyrrole nitrogens is 1. The number of imidazole rings is 2. The minimum absolute atomic E-state index is 0.0141. The lowest BCUT2D eigenvalue weighted by molar-refractivity contribution is 0.0706. The molecule has 1 aliphatic heterocycles. The Hall–Kier alpha value is -3.15. The third kappa shape index (κ3) is 2.85. The van der Waals surface area contributed by atoms with E-state index in [1.165, 1.54) is 5.56 Å². The standard InChI is InChI=1S/C22H23N5O/c1-14-6-9-27-13-18(23-19(27)12-14)22(28)26-10-7-16(8-11-26)21-24-17-5-3-4-15(2)20(17)25-21/h3-6,9,12-13,16H,7-8,10-11H2,1-2H3,(H,24,25). The molecule has 1 fully saturated rings. The first-order valence-electron chi connectivity index (χ1n) is 9.78. The number of hydrogen-bond acceptors (Lipinski definition) is 3. The van der Waals surface area contributed by atoms with Gasteiger partial charge < -0.3 is 14.3 Å². The molecule has 0 aliphatic carbocycles. The molecule has 3 aromatic heterocycles. The van der Waals surface area contributed by atoms with Crippen LogP contribution in [0.25, 0.3) is 16.7 Å². The summed E-state index contributed by atoms with van der Waals surface area (Å²) in [7, 11) is 0. The van der Waals surface area contributed by atoms with Gasteiger partial charge >= 0.3 is 0 Å². The lowest BCUT2D eigenvalue weighted by Crippen LogP contribution is -2.38. The van der Waals surface area contributed by atoms with Crippen molar-refractivity contribution in [2.75, 3.05) is 13.1 Å². The van der Waals surface area contributed by atoms with E-state index in [2.05, 4.69) is 35.1 Å². The number of para-hydroxylation sites is 1. The zero-order valence-corrected chi connectivity index (χ0v) is 16.1. The van der Waals surface area contributed by atoms with E-state index in [-0.39, 0.29) is 5.91 Å². The van der Waals surface area contributed by atoms with Gasteiger partial charge in [0.25, 0.3) is 5.91 Å². The Labute approximate surface area is 163 Å². The fraction of sp³-hybridized carbons (Fsp3) is 0.318. The number of fused-ring (bicyclic) bond motifs is 2. The number of piperidine rings is 1. The zero-order valence-electron chi connectivity index (χ0n) is 16.1. The number of amides is 1. The van der Waals surface area contributed by atoms with Crippen LogP contribution in [0.1, 0.15) is 46.2 Å². The van der Waals surface area contributed by atoms with Crippen molar-refractivity contribution in [3.8, 4) is 0 Å². The van der Waals surface area contributed by atoms with Crippen molar-refractivity contribution < 1.29 is 4.79 Å². The van der Waals surface area contributed by atoms with E-state index in [4.69, 9.17) is 4.98 Å². The number of nitrogens with zero attached hydrogens (tertiary/aromatic N) is 4. The maximum atomic E-state index is 12.9. The number of likely N-dealkylation sites (tertiary alicyclic amines) is 1. The lowest BCUT2D eigenvalue weighted by atomic mass is 9.96. The lowest BCUT2D eigenvalue weighted by Gasteiger charge is -2.30. The van der Waals surface area contributed by atoms with Gasteiger partial charge in [0.15, 0.2) is 0 Å². The first-order chi connectivity index (χ1) is 13.6. The van der Waals surface area contributed by atoms with E-state index in [1.807, 2.05) is 40.8 Å². The number of carbonyl (C=O) groups excluding carboxylic acids is 1. The minimum Gasteiger partial charge on any atom is -0.342 e. The van der Waals surface area contributed by atoms with Gasteiger partial charge in [-0.3, -0.25) is 4.79 Å². The highest BCUT2D eigenvalue weighted by molar-refractivity contribution is 5.93. The molecule has 0 radical (unpaired) electrons. The molecule has 1 aromatic carbocycles. The maximum Gasteiger partial charge on any atom is 0.274 e. The summed E-state index contributed by atoms with van der Waals surface area (Å²) in [6.07, 6.45) is 5.60. The molecule has 6 nitrogen and oxygen atoms in total. The number of aromatic nitrogens is 4. The molecule has 0 spiro atoms. The van der Waals surface area contributed by atoms with Crippen molar-refractivity contribution in [1.29, 1.82) is 0 Å². The molecule has 142 valence electrons. The van der Waals surface area contributed by atoms with Gasteiger partial charge in [-0.15, -0.1) is 0 Å². The molecule has 4 aromatic rings. The smallest absolute Gasteiger partial charge is 0.274 e. The molecule has 0 saturated carbocycles. The van der Waals surface area contributed by atoms with E-state index in [0.717, 1.165) is 54.0 Å². The van der Waals surface area contributed by atoms with E-state index in [1.54, 1.807) is 0 Å². The second kappa shape index (κ2) is 6.48. The van der Waals surface area contributed by atoms with E-state index >= 15 is 0 Å². The largest absolute Gasteiger partial charge is 0.342 e. The first kappa shape index (κ1) is 17.0. The van der Waals surface area contributed by atoms with Crippen molar-refractivity contribution in [2.45, 2.75) is 32.6 Å². The van der Waals surface area contributed by atoms with Gasteiger partial charge in [-0.05, 0) is 56.0 Å². The van der Waals surface area contributed by atoms with Crippen LogP contribution in [0.3, 0.4) is 0 Å². The maximum absolute atomic E-state index is 12.9. The Morgan fingerprint density at radius 3 is 2.75 bits per heavy atom. The summed E-state index contributed by atoms with van der Waals surface area (Å²) in [5, 5.41) is 0. The van der Waals surface area contributed by atoms with Gasteiger partial charge in [0.2, 0.25) is 0 Å². The number of rotatable bonds is 2. The van der Waals surface area contributed by atoms with Gasteiger partial charge in [-0.1, -0.05) is 12.1 Å². The molecule has 0 unspecified atom stereocenters. The Morgan fingerprint density at radius 2 is 1.96 bits per heavy atom. The topological polar surface area (TPSA) is 66.3 Å². The van der Waals surface area contributed by atoms with Crippen molar-refractivity contribution in [3.05, 3.63) is 65.4 Å². The van der Waals surface area contributed by atoms with E-state index in [0.29, 0.717) is 11.6 Å². The van der Waals surface area contributed by atoms with Crippen LogP contribution in [0.15, 0.2) is 42.7 Å². The number of hydrogen-bond donors (Lipinski definition) is 1. The number of aromatic amines is 1. The summed E-state index contributed by atoms with van der Waals surface area (Å²) < 4.78 is 1.91. The number of nitrogens with one attached hydrogen (secondary N) is 1. The van der Waals surface area contributed by atoms with Crippen LogP contribution >= 0.6 is 0 Å². The van der Waals surface area contributed by atoms with Crippen LogP contribution < -0.4 is 0 Å². The van der Waals surface area contributed by atoms with Crippen LogP contribution in [0.4, 0.5) is 0 Å². The van der Waals surface area contributed by atoms with Crippen LogP contribution in [-0.4, -0.2) is 43.2 Å². The molecule has 0 bridgehead atoms. The normalized spacial score (nSPS) is 15.6. The summed E-state index contributed by atoms with van der Waals surface area (Å²) in [6, 6.07) is 10.2. The summed E-state index contributed by atoms with van der Waals surface area (Å²) in [6.45, 7) is 5.57. The summed E-state index contributed by atoms with van der Waals surface area (Å²) in [5.74, 6) is 1.42. The third-order valence-corrected chi connectivity index (χ3v) is 5.74. The SMILES string of the molecule is Cc1ccn2cc(C(=O)N3CCC(c4nc5c(C)cccc5[nH]4)CC3)nc2c1. The number of aryl methyl sites for hydroxylation is 2. The molecule has 1 aliphatic rings. The quantitative estimate of drug-likeness (QED) is 0.580. The van der Waals surface area contributed by atoms with E-state index in [9.17, 15) is 4.79 Å². The van der Waals surface area contributed by atoms with Crippen molar-refractivity contribution in [1.82, 2.24) is 24.3 Å². The van der Waals surface area contributed by atoms with Gasteiger partial charge in [-0.2, -0.15) is 0 Å². The predicted octanol–water partition coefficient (Wildman–Crippen LogP) is 3.85. The summed E-state index contributed by atoms with van der Waals surface area (Å²) in [5.41, 5.74) is 5.80. The number of pyridine rings is 1. The van der Waals surface area contributed by atoms with Crippen molar-refractivity contribution >= 4 is 22.6 Å².